The lowest BCUT2D eigenvalue weighted by molar-refractivity contribution is -0.0885. The predicted octanol–water partition coefficient (Wildman–Crippen LogP) is 0.773. The van der Waals surface area contributed by atoms with E-state index < -0.39 is 6.29 Å². The molecule has 2 fully saturated rings. The molecular weight excluding hydrogens is 140 g/mol. The smallest absolute Gasteiger partial charge is 0.158 e. The monoisotopic (exact) mass is 152 g/mol. The molecule has 0 unspecified atom stereocenters. The topological polar surface area (TPSA) is 29.5 Å². The van der Waals surface area contributed by atoms with Gasteiger partial charge in [0.15, 0.2) is 6.29 Å². The molecule has 1 saturated heterocycles. The van der Waals surface area contributed by atoms with Gasteiger partial charge in [0.25, 0.3) is 0 Å². The standard InChI is InChI=1S/C9H12O2/c10-9-8-6-2-1-5(3-6)7(8)4-11-9/h1-2,5-10H,3-4H2/t5-,6+,7-,8+,9+/m1/s1. The fourth-order valence-electron chi connectivity index (χ4n) is 2.94. The molecule has 2 heteroatoms. The number of hydrogen-bond acceptors (Lipinski definition) is 2. The van der Waals surface area contributed by atoms with Gasteiger partial charge >= 0.3 is 0 Å². The fourth-order valence-corrected chi connectivity index (χ4v) is 2.94. The number of fused-ring (bicyclic) bond motifs is 5. The first-order valence-electron chi connectivity index (χ1n) is 4.34. The summed E-state index contributed by atoms with van der Waals surface area (Å²) in [6, 6.07) is 0. The molecule has 11 heavy (non-hydrogen) atoms. The zero-order chi connectivity index (χ0) is 7.42. The van der Waals surface area contributed by atoms with Gasteiger partial charge in [-0.2, -0.15) is 0 Å². The summed E-state index contributed by atoms with van der Waals surface area (Å²) in [6.45, 7) is 0.775. The highest BCUT2D eigenvalue weighted by Gasteiger charge is 2.51. The molecule has 0 amide bonds. The van der Waals surface area contributed by atoms with Crippen molar-refractivity contribution in [1.82, 2.24) is 0 Å². The largest absolute Gasteiger partial charge is 0.368 e. The third kappa shape index (κ3) is 0.644. The van der Waals surface area contributed by atoms with Gasteiger partial charge in [0.2, 0.25) is 0 Å². The van der Waals surface area contributed by atoms with Crippen molar-refractivity contribution in [3.63, 3.8) is 0 Å². The van der Waals surface area contributed by atoms with Crippen LogP contribution in [0.3, 0.4) is 0 Å². The Morgan fingerprint density at radius 3 is 2.91 bits per heavy atom. The van der Waals surface area contributed by atoms with Crippen LogP contribution in [0.5, 0.6) is 0 Å². The summed E-state index contributed by atoms with van der Waals surface area (Å²) in [5.74, 6) is 2.37. The molecule has 0 radical (unpaired) electrons. The summed E-state index contributed by atoms with van der Waals surface area (Å²) in [6.07, 6.45) is 5.34. The van der Waals surface area contributed by atoms with E-state index in [0.717, 1.165) is 6.61 Å². The van der Waals surface area contributed by atoms with Crippen LogP contribution in [-0.4, -0.2) is 18.0 Å². The minimum Gasteiger partial charge on any atom is -0.368 e. The minimum atomic E-state index is -0.472. The number of allylic oxidation sites excluding steroid dienone is 2. The molecule has 0 aromatic heterocycles. The van der Waals surface area contributed by atoms with Crippen LogP contribution in [-0.2, 0) is 4.74 Å². The number of ether oxygens (including phenoxy) is 1. The molecule has 3 rings (SSSR count). The summed E-state index contributed by atoms with van der Waals surface area (Å²) in [7, 11) is 0. The molecular formula is C9H12O2. The summed E-state index contributed by atoms with van der Waals surface area (Å²) in [5, 5.41) is 9.47. The molecule has 0 spiro atoms. The third-order valence-corrected chi connectivity index (χ3v) is 3.48. The Labute approximate surface area is 65.9 Å². The van der Waals surface area contributed by atoms with E-state index in [1.807, 2.05) is 0 Å². The van der Waals surface area contributed by atoms with E-state index in [9.17, 15) is 5.11 Å². The average molecular weight is 152 g/mol. The van der Waals surface area contributed by atoms with Crippen molar-refractivity contribution in [3.8, 4) is 0 Å². The van der Waals surface area contributed by atoms with Crippen LogP contribution in [0.2, 0.25) is 0 Å². The zero-order valence-electron chi connectivity index (χ0n) is 6.31. The van der Waals surface area contributed by atoms with Crippen molar-refractivity contribution in [2.24, 2.45) is 23.7 Å². The third-order valence-electron chi connectivity index (χ3n) is 3.48. The summed E-state index contributed by atoms with van der Waals surface area (Å²) < 4.78 is 5.22. The molecule has 0 aromatic carbocycles. The lowest BCUT2D eigenvalue weighted by atomic mass is 9.85. The fraction of sp³-hybridized carbons (Fsp3) is 0.778. The minimum absolute atomic E-state index is 0.421. The van der Waals surface area contributed by atoms with E-state index in [1.165, 1.54) is 6.42 Å². The molecule has 2 aliphatic carbocycles. The van der Waals surface area contributed by atoms with Gasteiger partial charge in [-0.25, -0.2) is 0 Å². The van der Waals surface area contributed by atoms with Gasteiger partial charge in [-0.1, -0.05) is 12.2 Å². The van der Waals surface area contributed by atoms with Crippen molar-refractivity contribution in [2.45, 2.75) is 12.7 Å². The SMILES string of the molecule is O[C@H]1OC[C@H]2[C@@H]1[C@H]1C=C[C@@H]2C1. The maximum atomic E-state index is 9.47. The lowest BCUT2D eigenvalue weighted by Crippen LogP contribution is -2.23. The highest BCUT2D eigenvalue weighted by Crippen LogP contribution is 2.52. The van der Waals surface area contributed by atoms with Gasteiger partial charge in [-0.05, 0) is 24.2 Å². The van der Waals surface area contributed by atoms with Crippen molar-refractivity contribution in [2.75, 3.05) is 6.61 Å². The van der Waals surface area contributed by atoms with E-state index in [-0.39, 0.29) is 0 Å². The first-order valence-corrected chi connectivity index (χ1v) is 4.34. The number of aliphatic hydroxyl groups excluding tert-OH is 1. The van der Waals surface area contributed by atoms with Crippen LogP contribution in [0.15, 0.2) is 12.2 Å². The lowest BCUT2D eigenvalue weighted by Gasteiger charge is -2.19. The van der Waals surface area contributed by atoms with E-state index in [0.29, 0.717) is 23.7 Å². The van der Waals surface area contributed by atoms with Crippen LogP contribution in [0, 0.1) is 23.7 Å². The normalized spacial score (nSPS) is 58.8. The Kier molecular flexibility index (Phi) is 1.06. The van der Waals surface area contributed by atoms with Crippen LogP contribution in [0.1, 0.15) is 6.42 Å². The second-order valence-electron chi connectivity index (χ2n) is 3.91. The van der Waals surface area contributed by atoms with E-state index in [1.54, 1.807) is 0 Å². The highest BCUT2D eigenvalue weighted by molar-refractivity contribution is 5.15. The summed E-state index contributed by atoms with van der Waals surface area (Å²) in [5.41, 5.74) is 0. The maximum Gasteiger partial charge on any atom is 0.158 e. The zero-order valence-corrected chi connectivity index (χ0v) is 6.31. The maximum absolute atomic E-state index is 9.47. The highest BCUT2D eigenvalue weighted by atomic mass is 16.6. The molecule has 2 bridgehead atoms. The number of hydrogen-bond donors (Lipinski definition) is 1. The predicted molar refractivity (Wildman–Crippen MR) is 39.7 cm³/mol. The van der Waals surface area contributed by atoms with Crippen molar-refractivity contribution in [3.05, 3.63) is 12.2 Å². The Balaban J connectivity index is 1.97. The number of aliphatic hydroxyl groups is 1. The van der Waals surface area contributed by atoms with Crippen LogP contribution < -0.4 is 0 Å². The second-order valence-corrected chi connectivity index (χ2v) is 3.91. The Morgan fingerprint density at radius 2 is 2.09 bits per heavy atom. The average Bonchev–Trinajstić information content (AvgIpc) is 2.60. The Bertz CT molecular complexity index is 212. The molecule has 3 aliphatic rings. The van der Waals surface area contributed by atoms with Gasteiger partial charge in [-0.15, -0.1) is 0 Å². The molecule has 2 nitrogen and oxygen atoms in total. The van der Waals surface area contributed by atoms with Crippen LogP contribution >= 0.6 is 0 Å². The molecule has 60 valence electrons. The Morgan fingerprint density at radius 1 is 1.27 bits per heavy atom. The Hall–Kier alpha value is -0.340. The molecule has 1 saturated carbocycles. The molecule has 1 N–H and O–H groups in total. The summed E-state index contributed by atoms with van der Waals surface area (Å²) in [4.78, 5) is 0. The van der Waals surface area contributed by atoms with Crippen LogP contribution in [0.25, 0.3) is 0 Å². The van der Waals surface area contributed by atoms with Gasteiger partial charge in [0.1, 0.15) is 0 Å². The first-order chi connectivity index (χ1) is 5.36. The van der Waals surface area contributed by atoms with Gasteiger partial charge in [0, 0.05) is 5.92 Å². The molecule has 0 aromatic rings. The molecule has 5 atom stereocenters. The summed E-state index contributed by atoms with van der Waals surface area (Å²) >= 11 is 0. The number of rotatable bonds is 0. The van der Waals surface area contributed by atoms with Crippen molar-refractivity contribution < 1.29 is 9.84 Å². The van der Waals surface area contributed by atoms with Gasteiger partial charge in [-0.3, -0.25) is 0 Å². The van der Waals surface area contributed by atoms with Crippen LogP contribution in [0.4, 0.5) is 0 Å². The molecule has 1 heterocycles. The van der Waals surface area contributed by atoms with Gasteiger partial charge < -0.3 is 9.84 Å². The van der Waals surface area contributed by atoms with E-state index >= 15 is 0 Å². The first kappa shape index (κ1) is 6.21. The quantitative estimate of drug-likeness (QED) is 0.519. The van der Waals surface area contributed by atoms with Crippen molar-refractivity contribution in [1.29, 1.82) is 0 Å². The van der Waals surface area contributed by atoms with Gasteiger partial charge in [0.05, 0.1) is 6.61 Å². The second kappa shape index (κ2) is 1.87. The van der Waals surface area contributed by atoms with E-state index in [4.69, 9.17) is 4.74 Å². The van der Waals surface area contributed by atoms with Crippen molar-refractivity contribution >= 4 is 0 Å². The van der Waals surface area contributed by atoms with E-state index in [2.05, 4.69) is 12.2 Å². The molecule has 1 aliphatic heterocycles.